The molecule has 4 nitrogen and oxygen atoms in total. The highest BCUT2D eigenvalue weighted by Gasteiger charge is 2.31. The molecule has 1 aromatic carbocycles. The summed E-state index contributed by atoms with van der Waals surface area (Å²) in [5.41, 5.74) is 1.20. The Hall–Kier alpha value is -1.26. The van der Waals surface area contributed by atoms with E-state index in [0.717, 1.165) is 24.1 Å². The van der Waals surface area contributed by atoms with Gasteiger partial charge in [0.15, 0.2) is 0 Å². The molecule has 0 bridgehead atoms. The summed E-state index contributed by atoms with van der Waals surface area (Å²) >= 11 is 0. The van der Waals surface area contributed by atoms with Gasteiger partial charge in [0, 0.05) is 30.3 Å². The highest BCUT2D eigenvalue weighted by atomic mass is 16.5. The number of hydrogen-bond donors (Lipinski definition) is 1. The second kappa shape index (κ2) is 6.67. The summed E-state index contributed by atoms with van der Waals surface area (Å²) in [7, 11) is 3.40. The van der Waals surface area contributed by atoms with Gasteiger partial charge in [0.05, 0.1) is 14.2 Å². The number of rotatable bonds is 5. The van der Waals surface area contributed by atoms with E-state index in [-0.39, 0.29) is 0 Å². The van der Waals surface area contributed by atoms with Crippen LogP contribution in [0.25, 0.3) is 0 Å². The molecular formula is C17H26N2O2. The standard InChI is InChI=1S/C17H26N2O2/c1-20-16-6-5-13(17(11-16)21-2)12-18-14-7-9-19-8-3-4-15(19)10-14/h5-6,11,14-15,18H,3-4,7-10,12H2,1-2H3. The number of nitrogens with one attached hydrogen (secondary N) is 1. The van der Waals surface area contributed by atoms with Crippen molar-refractivity contribution in [3.05, 3.63) is 23.8 Å². The van der Waals surface area contributed by atoms with Gasteiger partial charge in [-0.25, -0.2) is 0 Å². The summed E-state index contributed by atoms with van der Waals surface area (Å²) in [6, 6.07) is 7.50. The Morgan fingerprint density at radius 2 is 2.10 bits per heavy atom. The van der Waals surface area contributed by atoms with Crippen molar-refractivity contribution in [2.24, 2.45) is 0 Å². The fraction of sp³-hybridized carbons (Fsp3) is 0.647. The number of benzene rings is 1. The molecule has 2 aliphatic rings. The Morgan fingerprint density at radius 3 is 2.90 bits per heavy atom. The molecule has 0 saturated carbocycles. The minimum atomic E-state index is 0.635. The van der Waals surface area contributed by atoms with Crippen LogP contribution in [-0.4, -0.2) is 44.3 Å². The predicted octanol–water partition coefficient (Wildman–Crippen LogP) is 2.42. The first-order valence-corrected chi connectivity index (χ1v) is 7.98. The first-order valence-electron chi connectivity index (χ1n) is 7.98. The van der Waals surface area contributed by atoms with Crippen LogP contribution in [0.1, 0.15) is 31.2 Å². The van der Waals surface area contributed by atoms with Crippen molar-refractivity contribution >= 4 is 0 Å². The van der Waals surface area contributed by atoms with Gasteiger partial charge >= 0.3 is 0 Å². The van der Waals surface area contributed by atoms with Gasteiger partial charge in [0.1, 0.15) is 11.5 Å². The van der Waals surface area contributed by atoms with Crippen molar-refractivity contribution < 1.29 is 9.47 Å². The van der Waals surface area contributed by atoms with Crippen LogP contribution < -0.4 is 14.8 Å². The Kier molecular flexibility index (Phi) is 4.66. The van der Waals surface area contributed by atoms with E-state index in [0.29, 0.717) is 6.04 Å². The molecule has 1 aromatic rings. The van der Waals surface area contributed by atoms with E-state index in [4.69, 9.17) is 9.47 Å². The summed E-state index contributed by atoms with van der Waals surface area (Å²) < 4.78 is 10.7. The molecule has 0 aromatic heterocycles. The predicted molar refractivity (Wildman–Crippen MR) is 84.0 cm³/mol. The first kappa shape index (κ1) is 14.7. The van der Waals surface area contributed by atoms with E-state index in [2.05, 4.69) is 16.3 Å². The molecule has 3 rings (SSSR count). The summed E-state index contributed by atoms with van der Waals surface area (Å²) in [5, 5.41) is 3.72. The lowest BCUT2D eigenvalue weighted by atomic mass is 9.97. The van der Waals surface area contributed by atoms with Gasteiger partial charge in [0.2, 0.25) is 0 Å². The topological polar surface area (TPSA) is 33.7 Å². The smallest absolute Gasteiger partial charge is 0.127 e. The minimum Gasteiger partial charge on any atom is -0.497 e. The Morgan fingerprint density at radius 1 is 1.19 bits per heavy atom. The molecule has 2 heterocycles. The van der Waals surface area contributed by atoms with Crippen molar-refractivity contribution in [1.82, 2.24) is 10.2 Å². The van der Waals surface area contributed by atoms with Gasteiger partial charge in [-0.1, -0.05) is 6.07 Å². The van der Waals surface area contributed by atoms with Crippen molar-refractivity contribution in [3.63, 3.8) is 0 Å². The third-order valence-corrected chi connectivity index (χ3v) is 4.90. The molecule has 4 heteroatoms. The number of fused-ring (bicyclic) bond motifs is 1. The normalized spacial score (nSPS) is 25.6. The van der Waals surface area contributed by atoms with Gasteiger partial charge in [-0.3, -0.25) is 0 Å². The maximum Gasteiger partial charge on any atom is 0.127 e. The van der Waals surface area contributed by atoms with E-state index in [1.165, 1.54) is 44.3 Å². The second-order valence-corrected chi connectivity index (χ2v) is 6.11. The summed E-state index contributed by atoms with van der Waals surface area (Å²) in [6.45, 7) is 3.43. The van der Waals surface area contributed by atoms with Crippen molar-refractivity contribution in [1.29, 1.82) is 0 Å². The maximum absolute atomic E-state index is 5.47. The number of ether oxygens (including phenoxy) is 2. The lowest BCUT2D eigenvalue weighted by Gasteiger charge is -2.35. The van der Waals surface area contributed by atoms with Crippen LogP contribution in [0.4, 0.5) is 0 Å². The van der Waals surface area contributed by atoms with E-state index in [9.17, 15) is 0 Å². The molecule has 0 radical (unpaired) electrons. The molecule has 116 valence electrons. The molecule has 2 atom stereocenters. The highest BCUT2D eigenvalue weighted by molar-refractivity contribution is 5.40. The van der Waals surface area contributed by atoms with Crippen molar-refractivity contribution in [3.8, 4) is 11.5 Å². The average molecular weight is 290 g/mol. The lowest BCUT2D eigenvalue weighted by Crippen LogP contribution is -2.45. The lowest BCUT2D eigenvalue weighted by molar-refractivity contribution is 0.166. The van der Waals surface area contributed by atoms with Gasteiger partial charge < -0.3 is 19.7 Å². The summed E-state index contributed by atoms with van der Waals surface area (Å²) in [6.07, 6.45) is 5.31. The third-order valence-electron chi connectivity index (χ3n) is 4.90. The van der Waals surface area contributed by atoms with Crippen molar-refractivity contribution in [2.45, 2.75) is 44.3 Å². The Labute approximate surface area is 127 Å². The number of methoxy groups -OCH3 is 2. The molecular weight excluding hydrogens is 264 g/mol. The third kappa shape index (κ3) is 3.33. The second-order valence-electron chi connectivity index (χ2n) is 6.11. The summed E-state index contributed by atoms with van der Waals surface area (Å²) in [4.78, 5) is 2.66. The molecule has 2 fully saturated rings. The van der Waals surface area contributed by atoms with Gasteiger partial charge in [0.25, 0.3) is 0 Å². The fourth-order valence-corrected chi connectivity index (χ4v) is 3.66. The van der Waals surface area contributed by atoms with Crippen LogP contribution >= 0.6 is 0 Å². The number of piperidine rings is 1. The average Bonchev–Trinajstić information content (AvgIpc) is 3.00. The highest BCUT2D eigenvalue weighted by Crippen LogP contribution is 2.28. The molecule has 0 aliphatic carbocycles. The molecule has 2 saturated heterocycles. The van der Waals surface area contributed by atoms with Crippen LogP contribution in [0.15, 0.2) is 18.2 Å². The zero-order chi connectivity index (χ0) is 14.7. The Bertz CT molecular complexity index is 478. The van der Waals surface area contributed by atoms with Gasteiger partial charge in [-0.15, -0.1) is 0 Å². The monoisotopic (exact) mass is 290 g/mol. The number of nitrogens with zero attached hydrogens (tertiary/aromatic N) is 1. The molecule has 1 N–H and O–H groups in total. The molecule has 2 unspecified atom stereocenters. The zero-order valence-corrected chi connectivity index (χ0v) is 13.1. The Balaban J connectivity index is 1.57. The van der Waals surface area contributed by atoms with Crippen LogP contribution in [0.3, 0.4) is 0 Å². The van der Waals surface area contributed by atoms with E-state index >= 15 is 0 Å². The molecule has 21 heavy (non-hydrogen) atoms. The molecule has 0 spiro atoms. The number of hydrogen-bond acceptors (Lipinski definition) is 4. The maximum atomic E-state index is 5.47. The van der Waals surface area contributed by atoms with Gasteiger partial charge in [-0.05, 0) is 44.8 Å². The SMILES string of the molecule is COc1ccc(CNC2CCN3CCCC3C2)c(OC)c1. The first-order chi connectivity index (χ1) is 10.3. The zero-order valence-electron chi connectivity index (χ0n) is 13.1. The molecule has 0 amide bonds. The largest absolute Gasteiger partial charge is 0.497 e. The van der Waals surface area contributed by atoms with E-state index in [1.54, 1.807) is 14.2 Å². The molecule has 2 aliphatic heterocycles. The van der Waals surface area contributed by atoms with Crippen LogP contribution in [-0.2, 0) is 6.54 Å². The van der Waals surface area contributed by atoms with E-state index in [1.807, 2.05) is 12.1 Å². The van der Waals surface area contributed by atoms with Crippen molar-refractivity contribution in [2.75, 3.05) is 27.3 Å². The summed E-state index contributed by atoms with van der Waals surface area (Å²) in [5.74, 6) is 1.75. The van der Waals surface area contributed by atoms with E-state index < -0.39 is 0 Å². The fourth-order valence-electron chi connectivity index (χ4n) is 3.66. The van der Waals surface area contributed by atoms with Crippen LogP contribution in [0.5, 0.6) is 11.5 Å². The van der Waals surface area contributed by atoms with Crippen LogP contribution in [0, 0.1) is 0 Å². The van der Waals surface area contributed by atoms with Gasteiger partial charge in [-0.2, -0.15) is 0 Å². The quantitative estimate of drug-likeness (QED) is 0.903. The van der Waals surface area contributed by atoms with Crippen LogP contribution in [0.2, 0.25) is 0 Å². The minimum absolute atomic E-state index is 0.635.